The second-order valence-corrected chi connectivity index (χ2v) is 12.9. The summed E-state index contributed by atoms with van der Waals surface area (Å²) in [4.78, 5) is 2.38. The van der Waals surface area contributed by atoms with Gasteiger partial charge in [-0.05, 0) is 89.6 Å². The van der Waals surface area contributed by atoms with Crippen LogP contribution in [0.5, 0.6) is 11.5 Å². The van der Waals surface area contributed by atoms with Gasteiger partial charge >= 0.3 is 0 Å². The summed E-state index contributed by atoms with van der Waals surface area (Å²) in [5.41, 5.74) is 2.42. The number of benzene rings is 2. The summed E-state index contributed by atoms with van der Waals surface area (Å²) in [5.74, 6) is 7.62. The zero-order valence-corrected chi connectivity index (χ0v) is 22.2. The number of phenolic OH excluding ortho intramolecular Hbond substituents is 1. The molecular weight excluding hydrogens is 410 g/mol. The number of nitrogens with zero attached hydrogens (tertiary/aromatic N) is 1. The molecule has 2 aromatic rings. The largest absolute Gasteiger partial charge is 0.508 e. The van der Waals surface area contributed by atoms with E-state index in [-0.39, 0.29) is 10.6 Å². The molecule has 0 saturated carbocycles. The predicted octanol–water partition coefficient (Wildman–Crippen LogP) is 4.74. The summed E-state index contributed by atoms with van der Waals surface area (Å²) in [6.45, 7) is 17.7. The number of hydrogen-bond donors (Lipinski definition) is 1. The monoisotopic (exact) mass is 449 g/mol. The van der Waals surface area contributed by atoms with Crippen LogP contribution in [0.3, 0.4) is 0 Å². The molecule has 1 N–H and O–H groups in total. The van der Waals surface area contributed by atoms with Gasteiger partial charge in [-0.2, -0.15) is 0 Å². The summed E-state index contributed by atoms with van der Waals surface area (Å²) in [7, 11) is -0.703. The van der Waals surface area contributed by atoms with Gasteiger partial charge in [0.05, 0.1) is 5.22 Å². The first-order valence-corrected chi connectivity index (χ1v) is 12.9. The normalized spacial score (nSPS) is 12.5. The first kappa shape index (κ1) is 25.8. The maximum atomic E-state index is 9.68. The third kappa shape index (κ3) is 9.34. The van der Waals surface area contributed by atoms with E-state index in [0.29, 0.717) is 5.75 Å². The first-order chi connectivity index (χ1) is 15.0. The molecule has 4 heteroatoms. The molecule has 0 atom stereocenters. The van der Waals surface area contributed by atoms with Crippen molar-refractivity contribution < 1.29 is 9.84 Å². The van der Waals surface area contributed by atoms with E-state index in [2.05, 4.69) is 89.5 Å². The lowest BCUT2D eigenvalue weighted by Crippen LogP contribution is -2.43. The van der Waals surface area contributed by atoms with Crippen molar-refractivity contribution in [2.24, 2.45) is 5.41 Å². The van der Waals surface area contributed by atoms with Crippen molar-refractivity contribution in [2.75, 3.05) is 13.1 Å². The summed E-state index contributed by atoms with van der Waals surface area (Å²) in [5, 5.41) is 10.8. The quantitative estimate of drug-likeness (QED) is 0.443. The Morgan fingerprint density at radius 3 is 2.50 bits per heavy atom. The number of aryl methyl sites for hydroxylation is 1. The highest BCUT2D eigenvalue weighted by molar-refractivity contribution is 6.57. The molecule has 2 rings (SSSR count). The fourth-order valence-corrected chi connectivity index (χ4v) is 5.25. The molecule has 0 spiro atoms. The van der Waals surface area contributed by atoms with Gasteiger partial charge in [0.25, 0.3) is 0 Å². The second kappa shape index (κ2) is 11.4. The molecule has 0 radical (unpaired) electrons. The molecule has 3 nitrogen and oxygen atoms in total. The Bertz CT molecular complexity index is 977. The van der Waals surface area contributed by atoms with Gasteiger partial charge in [-0.25, -0.2) is 0 Å². The van der Waals surface area contributed by atoms with E-state index in [1.165, 1.54) is 10.8 Å². The molecule has 0 aliphatic heterocycles. The SMILES string of the molecule is CCN(CC=CC#CC(C)(C)C)Cc1cccc(OC(C)(C)[SiH2]c2ccc(O)cc2C)c1. The number of aromatic hydroxyl groups is 1. The van der Waals surface area contributed by atoms with Crippen LogP contribution in [0.15, 0.2) is 54.6 Å². The maximum Gasteiger partial charge on any atom is 0.119 e. The predicted molar refractivity (Wildman–Crippen MR) is 139 cm³/mol. The second-order valence-electron chi connectivity index (χ2n) is 10.0. The third-order valence-corrected chi connectivity index (χ3v) is 7.27. The van der Waals surface area contributed by atoms with Crippen molar-refractivity contribution in [3.8, 4) is 23.3 Å². The fraction of sp³-hybridized carbons (Fsp3) is 0.429. The van der Waals surface area contributed by atoms with E-state index >= 15 is 0 Å². The van der Waals surface area contributed by atoms with Gasteiger partial charge in [-0.1, -0.05) is 48.2 Å². The Hall–Kier alpha value is -2.48. The Morgan fingerprint density at radius 2 is 1.84 bits per heavy atom. The van der Waals surface area contributed by atoms with Crippen molar-refractivity contribution in [1.29, 1.82) is 0 Å². The van der Waals surface area contributed by atoms with Gasteiger partial charge < -0.3 is 9.84 Å². The lowest BCUT2D eigenvalue weighted by molar-refractivity contribution is 0.195. The van der Waals surface area contributed by atoms with Gasteiger partial charge in [0.1, 0.15) is 21.0 Å². The lowest BCUT2D eigenvalue weighted by atomic mass is 9.98. The van der Waals surface area contributed by atoms with E-state index in [1.807, 2.05) is 24.3 Å². The first-order valence-electron chi connectivity index (χ1n) is 11.4. The smallest absolute Gasteiger partial charge is 0.119 e. The van der Waals surface area contributed by atoms with E-state index in [9.17, 15) is 5.11 Å². The number of ether oxygens (including phenoxy) is 1. The summed E-state index contributed by atoms with van der Waals surface area (Å²) >= 11 is 0. The zero-order valence-electron chi connectivity index (χ0n) is 20.8. The average molecular weight is 450 g/mol. The van der Waals surface area contributed by atoms with Crippen LogP contribution in [-0.2, 0) is 6.54 Å². The van der Waals surface area contributed by atoms with Crippen LogP contribution in [-0.4, -0.2) is 37.8 Å². The van der Waals surface area contributed by atoms with Gasteiger partial charge in [-0.3, -0.25) is 4.90 Å². The number of hydrogen-bond acceptors (Lipinski definition) is 3. The molecule has 0 aliphatic rings. The third-order valence-electron chi connectivity index (χ3n) is 5.10. The van der Waals surface area contributed by atoms with Crippen molar-refractivity contribution in [3.63, 3.8) is 0 Å². The number of phenols is 1. The Labute approximate surface area is 197 Å². The number of allylic oxidation sites excluding steroid dienone is 1. The molecule has 0 unspecified atom stereocenters. The minimum Gasteiger partial charge on any atom is -0.508 e. The van der Waals surface area contributed by atoms with Crippen LogP contribution in [0.2, 0.25) is 0 Å². The minimum absolute atomic E-state index is 0.0346. The molecule has 0 fully saturated rings. The minimum atomic E-state index is -0.703. The van der Waals surface area contributed by atoms with Crippen molar-refractivity contribution >= 4 is 14.7 Å². The molecule has 0 aromatic heterocycles. The maximum absolute atomic E-state index is 9.68. The van der Waals surface area contributed by atoms with Gasteiger partial charge in [0.15, 0.2) is 0 Å². The average Bonchev–Trinajstić information content (AvgIpc) is 2.68. The molecule has 32 heavy (non-hydrogen) atoms. The van der Waals surface area contributed by atoms with Crippen LogP contribution in [0.1, 0.15) is 52.7 Å². The van der Waals surface area contributed by atoms with Crippen molar-refractivity contribution in [3.05, 3.63) is 65.7 Å². The molecular formula is C28H39NO2Si. The van der Waals surface area contributed by atoms with Crippen molar-refractivity contribution in [1.82, 2.24) is 4.90 Å². The Balaban J connectivity index is 2.00. The highest BCUT2D eigenvalue weighted by Gasteiger charge is 2.22. The number of rotatable bonds is 9. The van der Waals surface area contributed by atoms with Gasteiger partial charge in [0, 0.05) is 18.5 Å². The molecule has 0 saturated heterocycles. The highest BCUT2D eigenvalue weighted by Crippen LogP contribution is 2.21. The number of likely N-dealkylation sites (N-methyl/N-ethyl adjacent to an activating group) is 1. The van der Waals surface area contributed by atoms with Crippen LogP contribution in [0, 0.1) is 24.2 Å². The van der Waals surface area contributed by atoms with E-state index in [4.69, 9.17) is 4.74 Å². The van der Waals surface area contributed by atoms with Gasteiger partial charge in [-0.15, -0.1) is 0 Å². The molecule has 0 bridgehead atoms. The Kier molecular flexibility index (Phi) is 9.18. The standard InChI is InChI=1S/C28H39NO2Si/c1-8-29(18-11-9-10-17-27(3,4)5)21-23-13-12-14-25(20-23)31-28(6,7)32-26-16-15-24(30)19-22(26)2/h9,11-16,19-20,30H,8,18,21,32H2,1-7H3. The summed E-state index contributed by atoms with van der Waals surface area (Å²) in [6.07, 6.45) is 4.10. The highest BCUT2D eigenvalue weighted by atomic mass is 28.2. The topological polar surface area (TPSA) is 32.7 Å². The van der Waals surface area contributed by atoms with Crippen LogP contribution < -0.4 is 9.92 Å². The van der Waals surface area contributed by atoms with Gasteiger partial charge in [0.2, 0.25) is 0 Å². The Morgan fingerprint density at radius 1 is 1.09 bits per heavy atom. The van der Waals surface area contributed by atoms with Crippen LogP contribution in [0.25, 0.3) is 0 Å². The molecule has 0 amide bonds. The van der Waals surface area contributed by atoms with E-state index in [0.717, 1.165) is 30.9 Å². The molecule has 0 aliphatic carbocycles. The van der Waals surface area contributed by atoms with Crippen molar-refractivity contribution in [2.45, 2.75) is 60.2 Å². The molecule has 172 valence electrons. The fourth-order valence-electron chi connectivity index (χ4n) is 3.48. The van der Waals surface area contributed by atoms with Crippen LogP contribution >= 0.6 is 0 Å². The lowest BCUT2D eigenvalue weighted by Gasteiger charge is -2.27. The molecule has 2 aromatic carbocycles. The van der Waals surface area contributed by atoms with E-state index in [1.54, 1.807) is 6.07 Å². The van der Waals surface area contributed by atoms with Crippen LogP contribution in [0.4, 0.5) is 0 Å². The zero-order chi connectivity index (χ0) is 23.8. The summed E-state index contributed by atoms with van der Waals surface area (Å²) < 4.78 is 6.44. The van der Waals surface area contributed by atoms with E-state index < -0.39 is 9.52 Å². The summed E-state index contributed by atoms with van der Waals surface area (Å²) in [6, 6.07) is 14.1. The molecule has 0 heterocycles.